The minimum Gasteiger partial charge on any atom is -0.465 e. The Morgan fingerprint density at radius 2 is 1.60 bits per heavy atom. The molecule has 0 aliphatic carbocycles. The van der Waals surface area contributed by atoms with Gasteiger partial charge in [-0.2, -0.15) is 0 Å². The maximum absolute atomic E-state index is 11.7. The minimum atomic E-state index is -0.992. The Balaban J connectivity index is 2.50. The molecular weight excluding hydrogens is 386 g/mol. The van der Waals surface area contributed by atoms with Crippen molar-refractivity contribution in [1.29, 1.82) is 0 Å². The maximum atomic E-state index is 11.7. The molecule has 0 aromatic heterocycles. The van der Waals surface area contributed by atoms with Crippen molar-refractivity contribution in [3.05, 3.63) is 63.0 Å². The molecule has 20 heavy (non-hydrogen) atoms. The summed E-state index contributed by atoms with van der Waals surface area (Å²) in [5.74, 6) is 0. The summed E-state index contributed by atoms with van der Waals surface area (Å²) in [7, 11) is 0. The van der Waals surface area contributed by atoms with Gasteiger partial charge in [0.15, 0.2) is 0 Å². The largest absolute Gasteiger partial charge is 0.465 e. The highest BCUT2D eigenvalue weighted by molar-refractivity contribution is 9.11. The molecule has 0 heterocycles. The number of nitrogens with zero attached hydrogens (tertiary/aromatic N) is 1. The fraction of sp³-hybridized carbons (Fsp3) is 0.133. The fourth-order valence-corrected chi connectivity index (χ4v) is 3.44. The maximum Gasteiger partial charge on any atom is 0.412 e. The number of anilines is 1. The zero-order chi connectivity index (χ0) is 14.7. The third kappa shape index (κ3) is 3.04. The number of rotatable bonds is 3. The molecule has 0 saturated carbocycles. The van der Waals surface area contributed by atoms with E-state index in [0.717, 1.165) is 14.5 Å². The Morgan fingerprint density at radius 1 is 1.05 bits per heavy atom. The molecule has 5 heteroatoms. The number of carbonyl (C=O) groups is 1. The number of carboxylic acid groups (broad SMARTS) is 1. The number of amides is 1. The molecule has 1 atom stereocenters. The van der Waals surface area contributed by atoms with Crippen molar-refractivity contribution in [2.75, 3.05) is 4.90 Å². The Bertz CT molecular complexity index is 596. The van der Waals surface area contributed by atoms with Crippen molar-refractivity contribution in [1.82, 2.24) is 0 Å². The normalized spacial score (nSPS) is 11.9. The van der Waals surface area contributed by atoms with Crippen LogP contribution in [0.3, 0.4) is 0 Å². The minimum absolute atomic E-state index is 0.288. The first-order chi connectivity index (χ1) is 9.52. The second kappa shape index (κ2) is 6.41. The summed E-state index contributed by atoms with van der Waals surface area (Å²) in [6.07, 6.45) is -0.992. The van der Waals surface area contributed by atoms with Gasteiger partial charge in [0.2, 0.25) is 0 Å². The molecule has 2 rings (SSSR count). The Morgan fingerprint density at radius 3 is 2.10 bits per heavy atom. The summed E-state index contributed by atoms with van der Waals surface area (Å²) in [5, 5.41) is 9.59. The van der Waals surface area contributed by atoms with Gasteiger partial charge >= 0.3 is 6.09 Å². The van der Waals surface area contributed by atoms with Crippen LogP contribution in [-0.2, 0) is 0 Å². The van der Waals surface area contributed by atoms with Crippen LogP contribution in [0.5, 0.6) is 0 Å². The van der Waals surface area contributed by atoms with Crippen LogP contribution in [0.1, 0.15) is 18.5 Å². The lowest BCUT2D eigenvalue weighted by atomic mass is 10.1. The Hall–Kier alpha value is -1.33. The molecular formula is C15H13Br2NO2. The average molecular weight is 399 g/mol. The third-order valence-electron chi connectivity index (χ3n) is 3.05. The van der Waals surface area contributed by atoms with E-state index in [1.54, 1.807) is 0 Å². The van der Waals surface area contributed by atoms with Crippen LogP contribution in [0.15, 0.2) is 57.5 Å². The highest BCUT2D eigenvalue weighted by atomic mass is 79.9. The molecule has 1 amide bonds. The van der Waals surface area contributed by atoms with Crippen molar-refractivity contribution >= 4 is 43.6 Å². The van der Waals surface area contributed by atoms with Crippen molar-refractivity contribution in [2.45, 2.75) is 13.0 Å². The number of para-hydroxylation sites is 1. The van der Waals surface area contributed by atoms with Gasteiger partial charge in [0.25, 0.3) is 0 Å². The standard InChI is InChI=1S/C15H13Br2NO2/c1-10(11-6-3-2-4-7-11)18(15(19)20)14-12(16)8-5-9-13(14)17/h2-10H,1H3,(H,19,20)/t10-/m1/s1. The van der Waals surface area contributed by atoms with E-state index in [2.05, 4.69) is 31.9 Å². The van der Waals surface area contributed by atoms with Crippen LogP contribution >= 0.6 is 31.9 Å². The molecule has 0 spiro atoms. The summed E-state index contributed by atoms with van der Waals surface area (Å²) in [6.45, 7) is 1.87. The van der Waals surface area contributed by atoms with Crippen molar-refractivity contribution in [2.24, 2.45) is 0 Å². The van der Waals surface area contributed by atoms with Crippen molar-refractivity contribution in [3.8, 4) is 0 Å². The first kappa shape index (κ1) is 15.1. The highest BCUT2D eigenvalue weighted by Gasteiger charge is 2.26. The van der Waals surface area contributed by atoms with Gasteiger partial charge in [0.1, 0.15) is 0 Å². The topological polar surface area (TPSA) is 40.5 Å². The quantitative estimate of drug-likeness (QED) is 0.745. The summed E-state index contributed by atoms with van der Waals surface area (Å²) >= 11 is 6.84. The fourth-order valence-electron chi connectivity index (χ4n) is 2.05. The summed E-state index contributed by atoms with van der Waals surface area (Å²) < 4.78 is 1.47. The van der Waals surface area contributed by atoms with Crippen LogP contribution in [-0.4, -0.2) is 11.2 Å². The Labute approximate surface area is 134 Å². The predicted molar refractivity (Wildman–Crippen MR) is 87.2 cm³/mol. The van der Waals surface area contributed by atoms with Crippen LogP contribution in [0.25, 0.3) is 0 Å². The van der Waals surface area contributed by atoms with Gasteiger partial charge in [0, 0.05) is 8.95 Å². The molecule has 3 nitrogen and oxygen atoms in total. The van der Waals surface area contributed by atoms with Crippen LogP contribution < -0.4 is 4.90 Å². The van der Waals surface area contributed by atoms with Crippen LogP contribution in [0, 0.1) is 0 Å². The molecule has 0 aliphatic rings. The molecule has 0 bridgehead atoms. The van der Waals surface area contributed by atoms with Gasteiger partial charge in [-0.25, -0.2) is 4.79 Å². The summed E-state index contributed by atoms with van der Waals surface area (Å²) in [4.78, 5) is 13.1. The Kier molecular flexibility index (Phi) is 4.83. The molecule has 1 N–H and O–H groups in total. The van der Waals surface area contributed by atoms with E-state index in [-0.39, 0.29) is 6.04 Å². The van der Waals surface area contributed by atoms with E-state index in [9.17, 15) is 9.90 Å². The molecule has 0 unspecified atom stereocenters. The first-order valence-electron chi connectivity index (χ1n) is 6.03. The van der Waals surface area contributed by atoms with E-state index in [1.807, 2.05) is 55.5 Å². The summed E-state index contributed by atoms with van der Waals surface area (Å²) in [5.41, 5.74) is 1.55. The monoisotopic (exact) mass is 397 g/mol. The van der Waals surface area contributed by atoms with Gasteiger partial charge in [-0.05, 0) is 56.5 Å². The molecule has 2 aromatic rings. The number of halogens is 2. The SMILES string of the molecule is C[C@H](c1ccccc1)N(C(=O)O)c1c(Br)cccc1Br. The van der Waals surface area contributed by atoms with E-state index in [0.29, 0.717) is 5.69 Å². The van der Waals surface area contributed by atoms with Crippen molar-refractivity contribution < 1.29 is 9.90 Å². The van der Waals surface area contributed by atoms with Gasteiger partial charge in [0.05, 0.1) is 11.7 Å². The molecule has 0 fully saturated rings. The van der Waals surface area contributed by atoms with E-state index in [4.69, 9.17) is 0 Å². The second-order valence-corrected chi connectivity index (χ2v) is 6.02. The lowest BCUT2D eigenvalue weighted by Crippen LogP contribution is -2.32. The number of benzene rings is 2. The van der Waals surface area contributed by atoms with Gasteiger partial charge in [-0.1, -0.05) is 36.4 Å². The van der Waals surface area contributed by atoms with Crippen LogP contribution in [0.4, 0.5) is 10.5 Å². The number of hydrogen-bond donors (Lipinski definition) is 1. The van der Waals surface area contributed by atoms with Crippen molar-refractivity contribution in [3.63, 3.8) is 0 Å². The smallest absolute Gasteiger partial charge is 0.412 e. The average Bonchev–Trinajstić information content (AvgIpc) is 2.43. The predicted octanol–water partition coefficient (Wildman–Crippen LogP) is 5.46. The molecule has 0 aliphatic heterocycles. The van der Waals surface area contributed by atoms with E-state index in [1.165, 1.54) is 4.90 Å². The van der Waals surface area contributed by atoms with E-state index >= 15 is 0 Å². The van der Waals surface area contributed by atoms with E-state index < -0.39 is 6.09 Å². The lowest BCUT2D eigenvalue weighted by Gasteiger charge is -2.28. The van der Waals surface area contributed by atoms with Gasteiger partial charge in [-0.15, -0.1) is 0 Å². The van der Waals surface area contributed by atoms with Gasteiger partial charge < -0.3 is 5.11 Å². The first-order valence-corrected chi connectivity index (χ1v) is 7.62. The zero-order valence-electron chi connectivity index (χ0n) is 10.8. The highest BCUT2D eigenvalue weighted by Crippen LogP contribution is 2.38. The third-order valence-corrected chi connectivity index (χ3v) is 4.33. The molecule has 2 aromatic carbocycles. The second-order valence-electron chi connectivity index (χ2n) is 4.31. The van der Waals surface area contributed by atoms with Crippen LogP contribution in [0.2, 0.25) is 0 Å². The molecule has 0 radical (unpaired) electrons. The lowest BCUT2D eigenvalue weighted by molar-refractivity contribution is 0.199. The zero-order valence-corrected chi connectivity index (χ0v) is 13.9. The summed E-state index contributed by atoms with van der Waals surface area (Å²) in [6, 6.07) is 14.8. The number of hydrogen-bond acceptors (Lipinski definition) is 1. The van der Waals surface area contributed by atoms with Gasteiger partial charge in [-0.3, -0.25) is 4.90 Å². The molecule has 104 valence electrons. The molecule has 0 saturated heterocycles.